The van der Waals surface area contributed by atoms with Crippen LogP contribution < -0.4 is 21.3 Å². The maximum Gasteiger partial charge on any atom is 0.290 e. The summed E-state index contributed by atoms with van der Waals surface area (Å²) in [4.78, 5) is 96.8. The Bertz CT molecular complexity index is 1640. The number of nitrogens with zero attached hydrogens (tertiary/aromatic N) is 4. The first-order valence-corrected chi connectivity index (χ1v) is 19.5. The monoisotopic (exact) mass is 744 g/mol. The van der Waals surface area contributed by atoms with Crippen LogP contribution in [0.2, 0.25) is 0 Å². The van der Waals surface area contributed by atoms with Gasteiger partial charge in [-0.15, -0.1) is 0 Å². The van der Waals surface area contributed by atoms with Crippen molar-refractivity contribution in [3.05, 3.63) is 54.4 Å². The van der Waals surface area contributed by atoms with Crippen molar-refractivity contribution in [1.29, 1.82) is 0 Å². The Kier molecular flexibility index (Phi) is 13.5. The van der Waals surface area contributed by atoms with Crippen LogP contribution in [0.1, 0.15) is 121 Å². The first kappa shape index (κ1) is 40.4. The number of Topliss-reactive ketones (excluding diaryl/α,β-unsaturated/α-hetero) is 1. The van der Waals surface area contributed by atoms with E-state index >= 15 is 0 Å². The fraction of sp³-hybridized carbons (Fsp3) is 0.625. The number of aromatic nitrogens is 3. The van der Waals surface area contributed by atoms with Crippen LogP contribution >= 0.6 is 0 Å². The summed E-state index contributed by atoms with van der Waals surface area (Å²) < 4.78 is 0. The lowest BCUT2D eigenvalue weighted by molar-refractivity contribution is -0.146. The Morgan fingerprint density at radius 3 is 2.22 bits per heavy atom. The summed E-state index contributed by atoms with van der Waals surface area (Å²) in [7, 11) is 0. The van der Waals surface area contributed by atoms with Gasteiger partial charge in [-0.2, -0.15) is 0 Å². The van der Waals surface area contributed by atoms with Crippen molar-refractivity contribution < 1.29 is 28.8 Å². The zero-order valence-electron chi connectivity index (χ0n) is 32.2. The van der Waals surface area contributed by atoms with Gasteiger partial charge in [0.25, 0.3) is 11.8 Å². The van der Waals surface area contributed by atoms with E-state index in [9.17, 15) is 28.8 Å². The van der Waals surface area contributed by atoms with Gasteiger partial charge in [0, 0.05) is 31.3 Å². The summed E-state index contributed by atoms with van der Waals surface area (Å²) in [6.07, 6.45) is 15.2. The molecule has 292 valence electrons. The van der Waals surface area contributed by atoms with Gasteiger partial charge in [0.2, 0.25) is 23.5 Å². The average Bonchev–Trinajstić information content (AvgIpc) is 3.77. The lowest BCUT2D eigenvalue weighted by atomic mass is 9.82. The van der Waals surface area contributed by atoms with Gasteiger partial charge < -0.3 is 26.2 Å². The molecule has 14 heteroatoms. The second-order valence-electron chi connectivity index (χ2n) is 16.2. The van der Waals surface area contributed by atoms with Gasteiger partial charge in [-0.05, 0) is 79.9 Å². The summed E-state index contributed by atoms with van der Waals surface area (Å²) >= 11 is 0. The molecule has 1 aliphatic heterocycles. The second kappa shape index (κ2) is 18.1. The lowest BCUT2D eigenvalue weighted by Crippen LogP contribution is -2.62. The van der Waals surface area contributed by atoms with Gasteiger partial charge in [-0.3, -0.25) is 38.7 Å². The van der Waals surface area contributed by atoms with Gasteiger partial charge in [0.15, 0.2) is 0 Å². The maximum absolute atomic E-state index is 14.7. The van der Waals surface area contributed by atoms with E-state index in [1.165, 1.54) is 18.6 Å². The van der Waals surface area contributed by atoms with E-state index in [2.05, 4.69) is 36.2 Å². The Morgan fingerprint density at radius 1 is 0.852 bits per heavy atom. The number of carbonyl (C=O) groups is 6. The minimum absolute atomic E-state index is 0.0899. The Morgan fingerprint density at radius 2 is 1.57 bits per heavy atom. The number of rotatable bonds is 14. The third-order valence-electron chi connectivity index (χ3n) is 11.3. The van der Waals surface area contributed by atoms with E-state index < -0.39 is 70.9 Å². The van der Waals surface area contributed by atoms with Crippen molar-refractivity contribution in [2.45, 2.75) is 129 Å². The van der Waals surface area contributed by atoms with Crippen molar-refractivity contribution in [3.8, 4) is 0 Å². The number of ketones is 1. The minimum atomic E-state index is -1.07. The molecule has 5 amide bonds. The average molecular weight is 745 g/mol. The molecule has 54 heavy (non-hydrogen) atoms. The van der Waals surface area contributed by atoms with E-state index in [0.29, 0.717) is 13.0 Å². The maximum atomic E-state index is 14.7. The van der Waals surface area contributed by atoms with Crippen LogP contribution in [-0.2, 0) is 24.0 Å². The van der Waals surface area contributed by atoms with Gasteiger partial charge in [0.05, 0.1) is 18.3 Å². The van der Waals surface area contributed by atoms with Gasteiger partial charge in [-0.25, -0.2) is 4.98 Å². The molecule has 0 aromatic carbocycles. The van der Waals surface area contributed by atoms with Crippen LogP contribution in [0, 0.1) is 23.2 Å². The molecule has 3 aliphatic rings. The number of carbonyl (C=O) groups excluding carboxylic acids is 6. The third-order valence-corrected chi connectivity index (χ3v) is 11.3. The number of hydrogen-bond donors (Lipinski definition) is 4. The van der Waals surface area contributed by atoms with E-state index in [1.54, 1.807) is 36.4 Å². The first-order chi connectivity index (χ1) is 25.8. The predicted octanol–water partition coefficient (Wildman–Crippen LogP) is 3.44. The summed E-state index contributed by atoms with van der Waals surface area (Å²) in [5.41, 5.74) is 0.114. The SMILES string of the molecule is CCC[C@@H](NC(=O)[C@@H]1C2CCC[C@H]2CN1C(=O)[C@@H](NC(=O)[C@H](NC(=O)c1cnccn1)C1CCCCC1)C(C)(C)C)C(=O)C(=O)N[C@H](C)c1ccncc1. The molecule has 0 spiro atoms. The highest BCUT2D eigenvalue weighted by atomic mass is 16.2. The van der Waals surface area contributed by atoms with Crippen molar-refractivity contribution in [3.63, 3.8) is 0 Å². The standard InChI is InChI=1S/C40H56N8O6/c1-6-11-29(33(49)38(53)44-24(2)25-16-18-41-19-17-25)45-37(52)32-28-15-10-14-27(28)23-48(32)39(54)34(40(3,4)5)47-36(51)31(26-12-8-7-9-13-26)46-35(50)30-22-42-20-21-43-30/h16-22,24,26-29,31-32,34H,6-15,23H2,1-5H3,(H,44,53)(H,45,52)(H,46,50)(H,47,51)/t24-,27+,28?,29-,31-,32+,34-/m1/s1. The number of pyridine rings is 1. The van der Waals surface area contributed by atoms with Gasteiger partial charge >= 0.3 is 0 Å². The Labute approximate surface area is 317 Å². The molecular formula is C40H56N8O6. The molecule has 2 saturated carbocycles. The first-order valence-electron chi connectivity index (χ1n) is 19.5. The van der Waals surface area contributed by atoms with Crippen molar-refractivity contribution in [2.75, 3.05) is 6.54 Å². The molecule has 4 N–H and O–H groups in total. The van der Waals surface area contributed by atoms with Crippen LogP contribution in [0.4, 0.5) is 0 Å². The molecule has 1 unspecified atom stereocenters. The van der Waals surface area contributed by atoms with E-state index in [-0.39, 0.29) is 29.9 Å². The Hall–Kier alpha value is -4.75. The van der Waals surface area contributed by atoms with Crippen molar-refractivity contribution >= 4 is 35.3 Å². The summed E-state index contributed by atoms with van der Waals surface area (Å²) in [6, 6.07) is -0.810. The third kappa shape index (κ3) is 9.67. The highest BCUT2D eigenvalue weighted by molar-refractivity contribution is 6.38. The highest BCUT2D eigenvalue weighted by Crippen LogP contribution is 2.43. The van der Waals surface area contributed by atoms with Crippen molar-refractivity contribution in [1.82, 2.24) is 41.1 Å². The molecule has 2 aliphatic carbocycles. The van der Waals surface area contributed by atoms with Crippen LogP contribution in [0.5, 0.6) is 0 Å². The highest BCUT2D eigenvalue weighted by Gasteiger charge is 2.52. The number of amides is 5. The van der Waals surface area contributed by atoms with Gasteiger partial charge in [0.1, 0.15) is 23.8 Å². The molecule has 0 bridgehead atoms. The lowest BCUT2D eigenvalue weighted by Gasteiger charge is -2.38. The Balaban J connectivity index is 1.34. The zero-order chi connectivity index (χ0) is 39.0. The number of hydrogen-bond acceptors (Lipinski definition) is 9. The van der Waals surface area contributed by atoms with Crippen molar-refractivity contribution in [2.24, 2.45) is 23.2 Å². The van der Waals surface area contributed by atoms with E-state index in [4.69, 9.17) is 0 Å². The smallest absolute Gasteiger partial charge is 0.290 e. The molecule has 2 aromatic heterocycles. The predicted molar refractivity (Wildman–Crippen MR) is 200 cm³/mol. The molecule has 14 nitrogen and oxygen atoms in total. The van der Waals surface area contributed by atoms with Crippen LogP contribution in [0.3, 0.4) is 0 Å². The van der Waals surface area contributed by atoms with Gasteiger partial charge in [-0.1, -0.05) is 59.8 Å². The molecular weight excluding hydrogens is 688 g/mol. The van der Waals surface area contributed by atoms with Crippen LogP contribution in [0.15, 0.2) is 43.1 Å². The normalized spacial score (nSPS) is 22.2. The topological polar surface area (TPSA) is 192 Å². The van der Waals surface area contributed by atoms with E-state index in [0.717, 1.165) is 56.9 Å². The molecule has 7 atom stereocenters. The molecule has 3 heterocycles. The molecule has 5 rings (SSSR count). The van der Waals surface area contributed by atoms with Crippen LogP contribution in [-0.4, -0.2) is 85.9 Å². The molecule has 0 radical (unpaired) electrons. The number of nitrogens with one attached hydrogen (secondary N) is 4. The summed E-state index contributed by atoms with van der Waals surface area (Å²) in [6.45, 7) is 9.56. The summed E-state index contributed by atoms with van der Waals surface area (Å²) in [5.74, 6) is -3.56. The second-order valence-corrected chi connectivity index (χ2v) is 16.2. The number of fused-ring (bicyclic) bond motifs is 1. The molecule has 3 fully saturated rings. The minimum Gasteiger partial charge on any atom is -0.344 e. The molecule has 2 aromatic rings. The van der Waals surface area contributed by atoms with Crippen LogP contribution in [0.25, 0.3) is 0 Å². The number of likely N-dealkylation sites (tertiary alicyclic amines) is 1. The fourth-order valence-corrected chi connectivity index (χ4v) is 8.39. The largest absolute Gasteiger partial charge is 0.344 e. The quantitative estimate of drug-likeness (QED) is 0.210. The van der Waals surface area contributed by atoms with E-state index in [1.807, 2.05) is 27.7 Å². The molecule has 1 saturated heterocycles. The zero-order valence-corrected chi connectivity index (χ0v) is 32.2. The summed E-state index contributed by atoms with van der Waals surface area (Å²) in [5, 5.41) is 11.5. The fourth-order valence-electron chi connectivity index (χ4n) is 8.39.